The number of amides is 1. The van der Waals surface area contributed by atoms with Gasteiger partial charge in [-0.25, -0.2) is 0 Å². The second kappa shape index (κ2) is 2.54. The summed E-state index contributed by atoms with van der Waals surface area (Å²) in [6.07, 6.45) is 3.53. The Hall–Kier alpha value is -1.03. The van der Waals surface area contributed by atoms with Gasteiger partial charge in [0.2, 0.25) is 5.91 Å². The molecule has 0 saturated carbocycles. The molecule has 0 bridgehead atoms. The molecule has 1 amide bonds. The van der Waals surface area contributed by atoms with Crippen LogP contribution in [0.25, 0.3) is 0 Å². The first kappa shape index (κ1) is 6.67. The summed E-state index contributed by atoms with van der Waals surface area (Å²) in [5.41, 5.74) is 0. The van der Waals surface area contributed by atoms with Crippen LogP contribution in [0, 0.1) is 5.92 Å². The molecule has 2 N–H and O–H groups in total. The molecule has 0 radical (unpaired) electrons. The predicted molar refractivity (Wildman–Crippen MR) is 38.5 cm³/mol. The van der Waals surface area contributed by atoms with Crippen molar-refractivity contribution in [3.63, 3.8) is 0 Å². The highest BCUT2D eigenvalue weighted by molar-refractivity contribution is 5.80. The molecule has 2 aliphatic heterocycles. The Morgan fingerprint density at radius 2 is 2.55 bits per heavy atom. The highest BCUT2D eigenvalue weighted by Crippen LogP contribution is 2.13. The fourth-order valence-corrected chi connectivity index (χ4v) is 1.37. The summed E-state index contributed by atoms with van der Waals surface area (Å²) < 4.78 is 5.03. The van der Waals surface area contributed by atoms with E-state index in [-0.39, 0.29) is 17.9 Å². The van der Waals surface area contributed by atoms with Crippen LogP contribution in [0.5, 0.6) is 0 Å². The summed E-state index contributed by atoms with van der Waals surface area (Å²) in [4.78, 5) is 11.2. The number of hydrogen-bond donors (Lipinski definition) is 2. The summed E-state index contributed by atoms with van der Waals surface area (Å²) >= 11 is 0. The van der Waals surface area contributed by atoms with Crippen molar-refractivity contribution in [1.82, 2.24) is 10.6 Å². The molecule has 11 heavy (non-hydrogen) atoms. The molecule has 2 unspecified atom stereocenters. The highest BCUT2D eigenvalue weighted by atomic mass is 16.5. The zero-order valence-electron chi connectivity index (χ0n) is 6.04. The van der Waals surface area contributed by atoms with E-state index in [9.17, 15) is 4.79 Å². The van der Waals surface area contributed by atoms with Crippen LogP contribution in [-0.4, -0.2) is 25.2 Å². The Morgan fingerprint density at radius 3 is 3.36 bits per heavy atom. The van der Waals surface area contributed by atoms with Crippen molar-refractivity contribution >= 4 is 5.91 Å². The average molecular weight is 154 g/mol. The van der Waals surface area contributed by atoms with E-state index in [0.717, 1.165) is 0 Å². The Morgan fingerprint density at radius 1 is 1.64 bits per heavy atom. The lowest BCUT2D eigenvalue weighted by molar-refractivity contribution is -0.129. The first-order valence-electron chi connectivity index (χ1n) is 3.67. The minimum Gasteiger partial charge on any atom is -0.501 e. The molecule has 0 aliphatic carbocycles. The van der Waals surface area contributed by atoms with Crippen LogP contribution < -0.4 is 10.6 Å². The summed E-state index contributed by atoms with van der Waals surface area (Å²) in [6.45, 7) is 1.05. The molecular weight excluding hydrogens is 144 g/mol. The summed E-state index contributed by atoms with van der Waals surface area (Å²) in [5.74, 6) is 0.0341. The van der Waals surface area contributed by atoms with Gasteiger partial charge < -0.3 is 10.1 Å². The van der Waals surface area contributed by atoms with Gasteiger partial charge in [0.15, 0.2) is 0 Å². The maximum absolute atomic E-state index is 11.2. The molecule has 1 fully saturated rings. The number of rotatable bonds is 0. The minimum atomic E-state index is -0.0475. The standard InChI is InChI=1S/C7H10N2O2/c10-7-5-3-11-2-1-6(5)8-4-9-7/h1-2,5-6,8H,3-4H2,(H,9,10). The number of carbonyl (C=O) groups is 1. The first-order chi connectivity index (χ1) is 5.38. The molecule has 0 spiro atoms. The van der Waals surface area contributed by atoms with Crippen LogP contribution >= 0.6 is 0 Å². The molecular formula is C7H10N2O2. The molecule has 0 aromatic rings. The molecule has 2 atom stereocenters. The van der Waals surface area contributed by atoms with Crippen LogP contribution in [-0.2, 0) is 9.53 Å². The Balaban J connectivity index is 2.15. The van der Waals surface area contributed by atoms with E-state index in [1.165, 1.54) is 0 Å². The first-order valence-corrected chi connectivity index (χ1v) is 3.67. The lowest BCUT2D eigenvalue weighted by Crippen LogP contribution is -2.56. The van der Waals surface area contributed by atoms with Crippen molar-refractivity contribution in [2.75, 3.05) is 13.3 Å². The third-order valence-electron chi connectivity index (χ3n) is 2.03. The van der Waals surface area contributed by atoms with Gasteiger partial charge in [-0.05, 0) is 6.08 Å². The third kappa shape index (κ3) is 1.09. The van der Waals surface area contributed by atoms with Gasteiger partial charge in [-0.3, -0.25) is 10.1 Å². The molecule has 2 heterocycles. The lowest BCUT2D eigenvalue weighted by Gasteiger charge is -2.31. The minimum absolute atomic E-state index is 0.0475. The van der Waals surface area contributed by atoms with Gasteiger partial charge in [0, 0.05) is 6.04 Å². The van der Waals surface area contributed by atoms with E-state index in [4.69, 9.17) is 4.74 Å². The second-order valence-corrected chi connectivity index (χ2v) is 2.72. The van der Waals surface area contributed by atoms with Gasteiger partial charge in [0.05, 0.1) is 18.8 Å². The molecule has 1 saturated heterocycles. The van der Waals surface area contributed by atoms with Crippen molar-refractivity contribution in [2.24, 2.45) is 5.92 Å². The van der Waals surface area contributed by atoms with E-state index in [1.807, 2.05) is 6.08 Å². The predicted octanol–water partition coefficient (Wildman–Crippen LogP) is -0.808. The van der Waals surface area contributed by atoms with Crippen molar-refractivity contribution in [3.8, 4) is 0 Å². The van der Waals surface area contributed by atoms with Crippen molar-refractivity contribution in [1.29, 1.82) is 0 Å². The van der Waals surface area contributed by atoms with Gasteiger partial charge in [0.25, 0.3) is 0 Å². The van der Waals surface area contributed by atoms with Gasteiger partial charge in [0.1, 0.15) is 6.61 Å². The Kier molecular flexibility index (Phi) is 1.54. The van der Waals surface area contributed by atoms with E-state index >= 15 is 0 Å². The number of fused-ring (bicyclic) bond motifs is 1. The van der Waals surface area contributed by atoms with Crippen LogP contribution in [0.3, 0.4) is 0 Å². The molecule has 0 aromatic carbocycles. The normalized spacial score (nSPS) is 35.5. The molecule has 4 nitrogen and oxygen atoms in total. The van der Waals surface area contributed by atoms with Crippen LogP contribution in [0.4, 0.5) is 0 Å². The van der Waals surface area contributed by atoms with Crippen molar-refractivity contribution in [3.05, 3.63) is 12.3 Å². The zero-order valence-corrected chi connectivity index (χ0v) is 6.04. The fourth-order valence-electron chi connectivity index (χ4n) is 1.37. The zero-order chi connectivity index (χ0) is 7.68. The van der Waals surface area contributed by atoms with Crippen LogP contribution in [0.15, 0.2) is 12.3 Å². The van der Waals surface area contributed by atoms with Crippen LogP contribution in [0.2, 0.25) is 0 Å². The lowest BCUT2D eigenvalue weighted by atomic mass is 9.97. The van der Waals surface area contributed by atoms with Gasteiger partial charge in [-0.2, -0.15) is 0 Å². The van der Waals surface area contributed by atoms with E-state index < -0.39 is 0 Å². The highest BCUT2D eigenvalue weighted by Gasteiger charge is 2.32. The largest absolute Gasteiger partial charge is 0.501 e. The average Bonchev–Trinajstić information content (AvgIpc) is 2.06. The summed E-state index contributed by atoms with van der Waals surface area (Å²) in [5, 5.41) is 5.87. The smallest absolute Gasteiger partial charge is 0.229 e. The number of hydrogen-bond acceptors (Lipinski definition) is 3. The van der Waals surface area contributed by atoms with Gasteiger partial charge in [-0.15, -0.1) is 0 Å². The Bertz CT molecular complexity index is 203. The van der Waals surface area contributed by atoms with E-state index in [2.05, 4.69) is 10.6 Å². The summed E-state index contributed by atoms with van der Waals surface area (Å²) in [6, 6.07) is 0.164. The number of nitrogens with one attached hydrogen (secondary N) is 2. The van der Waals surface area contributed by atoms with Gasteiger partial charge in [-0.1, -0.05) is 0 Å². The number of ether oxygens (including phenoxy) is 1. The molecule has 4 heteroatoms. The molecule has 2 aliphatic rings. The second-order valence-electron chi connectivity index (χ2n) is 2.72. The molecule has 60 valence electrons. The monoisotopic (exact) mass is 154 g/mol. The van der Waals surface area contributed by atoms with Crippen molar-refractivity contribution in [2.45, 2.75) is 6.04 Å². The SMILES string of the molecule is O=C1NCNC2C=COCC12. The fraction of sp³-hybridized carbons (Fsp3) is 0.571. The Labute approximate surface area is 64.6 Å². The van der Waals surface area contributed by atoms with E-state index in [1.54, 1.807) is 6.26 Å². The molecule has 2 rings (SSSR count). The quantitative estimate of drug-likeness (QED) is 0.480. The van der Waals surface area contributed by atoms with Crippen LogP contribution in [0.1, 0.15) is 0 Å². The number of carbonyl (C=O) groups excluding carboxylic acids is 1. The van der Waals surface area contributed by atoms with E-state index in [0.29, 0.717) is 13.3 Å². The van der Waals surface area contributed by atoms with Crippen molar-refractivity contribution < 1.29 is 9.53 Å². The maximum Gasteiger partial charge on any atom is 0.229 e. The third-order valence-corrected chi connectivity index (χ3v) is 2.03. The maximum atomic E-state index is 11.2. The van der Waals surface area contributed by atoms with Gasteiger partial charge >= 0.3 is 0 Å². The topological polar surface area (TPSA) is 50.4 Å². The summed E-state index contributed by atoms with van der Waals surface area (Å²) in [7, 11) is 0. The molecule has 0 aromatic heterocycles.